The molecule has 2 aromatic heterocycles. The summed E-state index contributed by atoms with van der Waals surface area (Å²) in [6.45, 7) is 6.30. The van der Waals surface area contributed by atoms with Crippen LogP contribution in [0.3, 0.4) is 0 Å². The lowest BCUT2D eigenvalue weighted by molar-refractivity contribution is -0.168. The first-order valence-corrected chi connectivity index (χ1v) is 9.72. The summed E-state index contributed by atoms with van der Waals surface area (Å²) in [5, 5.41) is 15.5. The molecule has 1 spiro atoms. The zero-order chi connectivity index (χ0) is 18.0. The molecule has 2 aliphatic carbocycles. The molecule has 2 atom stereocenters. The number of aliphatic imine (C=N–C) groups is 1. The molecule has 2 unspecified atom stereocenters. The van der Waals surface area contributed by atoms with Gasteiger partial charge in [0.1, 0.15) is 6.54 Å². The van der Waals surface area contributed by atoms with Crippen molar-refractivity contribution in [3.8, 4) is 0 Å². The van der Waals surface area contributed by atoms with E-state index in [0.717, 1.165) is 37.0 Å². The molecule has 0 aliphatic heterocycles. The first-order valence-electron chi connectivity index (χ1n) is 9.72. The number of fused-ring (bicyclic) bond motifs is 1. The maximum absolute atomic E-state index is 5.95. The van der Waals surface area contributed by atoms with Gasteiger partial charge in [0, 0.05) is 30.8 Å². The van der Waals surface area contributed by atoms with Crippen LogP contribution < -0.4 is 10.6 Å². The molecule has 2 fully saturated rings. The summed E-state index contributed by atoms with van der Waals surface area (Å²) in [4.78, 5) is 4.75. The smallest absolute Gasteiger partial charge is 0.191 e. The van der Waals surface area contributed by atoms with Gasteiger partial charge in [-0.3, -0.25) is 4.40 Å². The first kappa shape index (κ1) is 20.3. The highest BCUT2D eigenvalue weighted by Crippen LogP contribution is 2.57. The Bertz CT molecular complexity index is 787. The fourth-order valence-electron chi connectivity index (χ4n) is 4.27. The van der Waals surface area contributed by atoms with Crippen LogP contribution in [0.15, 0.2) is 29.4 Å². The Morgan fingerprint density at radius 1 is 1.33 bits per heavy atom. The lowest BCUT2D eigenvalue weighted by Gasteiger charge is -2.61. The lowest BCUT2D eigenvalue weighted by atomic mass is 9.51. The maximum Gasteiger partial charge on any atom is 0.191 e. The van der Waals surface area contributed by atoms with Crippen LogP contribution in [0.25, 0.3) is 5.65 Å². The predicted molar refractivity (Wildman–Crippen MR) is 116 cm³/mol. The highest BCUT2D eigenvalue weighted by molar-refractivity contribution is 14.0. The maximum atomic E-state index is 5.95. The summed E-state index contributed by atoms with van der Waals surface area (Å²) in [5.74, 6) is 1.70. The van der Waals surface area contributed by atoms with E-state index in [0.29, 0.717) is 24.1 Å². The second-order valence-corrected chi connectivity index (χ2v) is 7.20. The topological polar surface area (TPSA) is 75.8 Å². The van der Waals surface area contributed by atoms with Gasteiger partial charge in [0.05, 0.1) is 6.10 Å². The Morgan fingerprint density at radius 3 is 2.89 bits per heavy atom. The van der Waals surface area contributed by atoms with E-state index in [-0.39, 0.29) is 24.0 Å². The van der Waals surface area contributed by atoms with Gasteiger partial charge in [-0.2, -0.15) is 0 Å². The van der Waals surface area contributed by atoms with Crippen LogP contribution in [-0.2, 0) is 11.3 Å². The standard InChI is InChI=1S/C19H28N6O.HI/c1-3-20-18(21-13-17-24-23-16-8-5-6-11-25(16)17)22-14-12-15(26-4-2)19(14)9-7-10-19;/h5-6,8,11,14-15H,3-4,7,9-10,12-13H2,1-2H3,(H2,20,21,22);1H. The fraction of sp³-hybridized carbons (Fsp3) is 0.632. The van der Waals surface area contributed by atoms with Gasteiger partial charge in [0.25, 0.3) is 0 Å². The van der Waals surface area contributed by atoms with E-state index >= 15 is 0 Å². The minimum absolute atomic E-state index is 0. The van der Waals surface area contributed by atoms with E-state index in [1.807, 2.05) is 28.8 Å². The van der Waals surface area contributed by atoms with Crippen molar-refractivity contribution in [3.63, 3.8) is 0 Å². The van der Waals surface area contributed by atoms with E-state index in [1.165, 1.54) is 19.3 Å². The number of hydrogen-bond acceptors (Lipinski definition) is 4. The lowest BCUT2D eigenvalue weighted by Crippen LogP contribution is -2.68. The Kier molecular flexibility index (Phi) is 6.56. The van der Waals surface area contributed by atoms with Crippen LogP contribution in [0.2, 0.25) is 0 Å². The number of nitrogens with zero attached hydrogens (tertiary/aromatic N) is 4. The molecule has 8 heteroatoms. The van der Waals surface area contributed by atoms with Gasteiger partial charge in [-0.15, -0.1) is 34.2 Å². The van der Waals surface area contributed by atoms with Gasteiger partial charge in [-0.05, 0) is 45.2 Å². The molecule has 0 aromatic carbocycles. The Hall–Kier alpha value is -1.42. The predicted octanol–water partition coefficient (Wildman–Crippen LogP) is 2.75. The number of rotatable bonds is 6. The second kappa shape index (κ2) is 8.72. The molecule has 27 heavy (non-hydrogen) atoms. The zero-order valence-electron chi connectivity index (χ0n) is 16.0. The molecule has 4 rings (SSSR count). The molecule has 2 heterocycles. The molecule has 2 N–H and O–H groups in total. The summed E-state index contributed by atoms with van der Waals surface area (Å²) in [7, 11) is 0. The number of nitrogens with one attached hydrogen (secondary N) is 2. The van der Waals surface area contributed by atoms with Crippen molar-refractivity contribution < 1.29 is 4.74 Å². The number of pyridine rings is 1. The number of guanidine groups is 1. The van der Waals surface area contributed by atoms with E-state index in [4.69, 9.17) is 9.73 Å². The van der Waals surface area contributed by atoms with E-state index in [1.54, 1.807) is 0 Å². The third kappa shape index (κ3) is 3.78. The van der Waals surface area contributed by atoms with Crippen LogP contribution in [-0.4, -0.2) is 45.9 Å². The van der Waals surface area contributed by atoms with E-state index < -0.39 is 0 Å². The summed E-state index contributed by atoms with van der Waals surface area (Å²) in [6.07, 6.45) is 7.25. The first-order chi connectivity index (χ1) is 12.8. The fourth-order valence-corrected chi connectivity index (χ4v) is 4.27. The number of hydrogen-bond donors (Lipinski definition) is 2. The van der Waals surface area contributed by atoms with Crippen LogP contribution in [0.5, 0.6) is 0 Å². The van der Waals surface area contributed by atoms with Gasteiger partial charge in [0.15, 0.2) is 17.4 Å². The molecule has 148 valence electrons. The normalized spacial score (nSPS) is 23.4. The molecule has 2 saturated carbocycles. The minimum atomic E-state index is 0. The van der Waals surface area contributed by atoms with Crippen molar-refractivity contribution in [2.75, 3.05) is 13.2 Å². The van der Waals surface area contributed by atoms with Gasteiger partial charge in [-0.25, -0.2) is 4.99 Å². The second-order valence-electron chi connectivity index (χ2n) is 7.20. The summed E-state index contributed by atoms with van der Waals surface area (Å²) >= 11 is 0. The highest BCUT2D eigenvalue weighted by atomic mass is 127. The van der Waals surface area contributed by atoms with Crippen LogP contribution in [0.4, 0.5) is 0 Å². The monoisotopic (exact) mass is 484 g/mol. The van der Waals surface area contributed by atoms with Crippen molar-refractivity contribution in [1.82, 2.24) is 25.2 Å². The van der Waals surface area contributed by atoms with Crippen LogP contribution in [0, 0.1) is 5.41 Å². The molecule has 0 radical (unpaired) electrons. The Morgan fingerprint density at radius 2 is 2.19 bits per heavy atom. The zero-order valence-corrected chi connectivity index (χ0v) is 18.3. The van der Waals surface area contributed by atoms with Gasteiger partial charge >= 0.3 is 0 Å². The Balaban J connectivity index is 0.00000210. The molecule has 0 saturated heterocycles. The van der Waals surface area contributed by atoms with Gasteiger partial charge < -0.3 is 15.4 Å². The van der Waals surface area contributed by atoms with E-state index in [9.17, 15) is 0 Å². The number of halogens is 1. The third-order valence-corrected chi connectivity index (χ3v) is 5.86. The average molecular weight is 484 g/mol. The molecule has 0 amide bonds. The summed E-state index contributed by atoms with van der Waals surface area (Å²) in [6, 6.07) is 6.34. The van der Waals surface area contributed by atoms with Gasteiger partial charge in [0.2, 0.25) is 0 Å². The average Bonchev–Trinajstić information content (AvgIpc) is 3.00. The molecule has 7 nitrogen and oxygen atoms in total. The SMILES string of the molecule is CCNC(=NCc1nnc2ccccn12)NC1CC(OCC)C12CCC2.I. The summed E-state index contributed by atoms with van der Waals surface area (Å²) < 4.78 is 7.93. The van der Waals surface area contributed by atoms with Crippen molar-refractivity contribution in [2.45, 2.75) is 58.2 Å². The Labute approximate surface area is 177 Å². The summed E-state index contributed by atoms with van der Waals surface area (Å²) in [5.41, 5.74) is 1.16. The van der Waals surface area contributed by atoms with Crippen LogP contribution in [0.1, 0.15) is 45.4 Å². The van der Waals surface area contributed by atoms with Crippen molar-refractivity contribution in [1.29, 1.82) is 0 Å². The molecule has 2 aromatic rings. The largest absolute Gasteiger partial charge is 0.378 e. The van der Waals surface area contributed by atoms with Crippen molar-refractivity contribution in [2.24, 2.45) is 10.4 Å². The molecular formula is C19H29IN6O. The van der Waals surface area contributed by atoms with Crippen molar-refractivity contribution in [3.05, 3.63) is 30.2 Å². The van der Waals surface area contributed by atoms with E-state index in [2.05, 4.69) is 34.7 Å². The van der Waals surface area contributed by atoms with Crippen molar-refractivity contribution >= 4 is 35.6 Å². The van der Waals surface area contributed by atoms with Gasteiger partial charge in [-0.1, -0.05) is 12.5 Å². The molecule has 0 bridgehead atoms. The third-order valence-electron chi connectivity index (χ3n) is 5.86. The minimum Gasteiger partial charge on any atom is -0.378 e. The number of aromatic nitrogens is 3. The number of ether oxygens (including phenoxy) is 1. The highest BCUT2D eigenvalue weighted by Gasteiger charge is 2.59. The molecular weight excluding hydrogens is 455 g/mol. The quantitative estimate of drug-likeness (QED) is 0.375. The molecule has 2 aliphatic rings. The van der Waals surface area contributed by atoms with Crippen LogP contribution >= 0.6 is 24.0 Å².